The highest BCUT2D eigenvalue weighted by molar-refractivity contribution is 14.1. The van der Waals surface area contributed by atoms with Gasteiger partial charge in [-0.3, -0.25) is 4.79 Å². The van der Waals surface area contributed by atoms with Crippen LogP contribution in [0, 0.1) is 5.82 Å². The Labute approximate surface area is 116 Å². The molecule has 88 valence electrons. The Morgan fingerprint density at radius 3 is 2.88 bits per heavy atom. The lowest BCUT2D eigenvalue weighted by molar-refractivity contribution is 0.0949. The van der Waals surface area contributed by atoms with Crippen LogP contribution in [0.15, 0.2) is 22.7 Å². The number of amides is 1. The Morgan fingerprint density at radius 2 is 2.19 bits per heavy atom. The summed E-state index contributed by atoms with van der Waals surface area (Å²) < 4.78 is 15.1. The first-order valence-electron chi connectivity index (χ1n) is 4.94. The van der Waals surface area contributed by atoms with Gasteiger partial charge in [-0.25, -0.2) is 4.39 Å². The van der Waals surface area contributed by atoms with Crippen molar-refractivity contribution in [3.05, 3.63) is 34.1 Å². The van der Waals surface area contributed by atoms with Crippen LogP contribution in [-0.4, -0.2) is 16.9 Å². The van der Waals surface area contributed by atoms with E-state index in [9.17, 15) is 9.18 Å². The van der Waals surface area contributed by atoms with Crippen LogP contribution in [-0.2, 0) is 0 Å². The predicted molar refractivity (Wildman–Crippen MR) is 74.6 cm³/mol. The molecule has 1 amide bonds. The lowest BCUT2D eigenvalue weighted by Gasteiger charge is -2.05. The van der Waals surface area contributed by atoms with E-state index in [1.54, 1.807) is 6.07 Å². The van der Waals surface area contributed by atoms with E-state index in [4.69, 9.17) is 0 Å². The maximum absolute atomic E-state index is 13.3. The SMILES string of the molecule is O=C(NCCCCI)c1cc(Br)ccc1F. The van der Waals surface area contributed by atoms with Crippen LogP contribution in [0.2, 0.25) is 0 Å². The molecule has 1 aromatic rings. The molecule has 0 atom stereocenters. The highest BCUT2D eigenvalue weighted by atomic mass is 127. The molecule has 1 rings (SSSR count). The monoisotopic (exact) mass is 399 g/mol. The fourth-order valence-corrected chi connectivity index (χ4v) is 2.09. The van der Waals surface area contributed by atoms with Gasteiger partial charge in [-0.05, 0) is 35.5 Å². The molecule has 0 bridgehead atoms. The van der Waals surface area contributed by atoms with E-state index in [0.29, 0.717) is 11.0 Å². The third-order valence-corrected chi connectivity index (χ3v) is 3.28. The molecule has 0 saturated heterocycles. The molecule has 0 aromatic heterocycles. The molecule has 0 aliphatic heterocycles. The zero-order valence-electron chi connectivity index (χ0n) is 8.60. The average Bonchev–Trinajstić information content (AvgIpc) is 2.27. The summed E-state index contributed by atoms with van der Waals surface area (Å²) in [7, 11) is 0. The van der Waals surface area contributed by atoms with Crippen LogP contribution in [0.25, 0.3) is 0 Å². The minimum Gasteiger partial charge on any atom is -0.352 e. The number of nitrogens with one attached hydrogen (secondary N) is 1. The first kappa shape index (κ1) is 13.9. The summed E-state index contributed by atoms with van der Waals surface area (Å²) in [6.07, 6.45) is 1.98. The number of benzene rings is 1. The van der Waals surface area contributed by atoms with Crippen molar-refractivity contribution in [1.29, 1.82) is 0 Å². The number of hydrogen-bond acceptors (Lipinski definition) is 1. The Hall–Kier alpha value is -0.170. The standard InChI is InChI=1S/C11H12BrFINO/c12-8-3-4-10(13)9(7-8)11(16)15-6-2-1-5-14/h3-4,7H,1-2,5-6H2,(H,15,16). The molecule has 0 aliphatic carbocycles. The summed E-state index contributed by atoms with van der Waals surface area (Å²) in [6.45, 7) is 0.591. The van der Waals surface area contributed by atoms with E-state index in [2.05, 4.69) is 43.8 Å². The third-order valence-electron chi connectivity index (χ3n) is 2.02. The van der Waals surface area contributed by atoms with E-state index >= 15 is 0 Å². The maximum atomic E-state index is 13.3. The molecule has 0 saturated carbocycles. The van der Waals surface area contributed by atoms with Crippen molar-refractivity contribution in [2.45, 2.75) is 12.8 Å². The van der Waals surface area contributed by atoms with Gasteiger partial charge >= 0.3 is 0 Å². The Kier molecular flexibility index (Phi) is 6.26. The van der Waals surface area contributed by atoms with Crippen molar-refractivity contribution in [2.75, 3.05) is 11.0 Å². The van der Waals surface area contributed by atoms with Crippen molar-refractivity contribution in [1.82, 2.24) is 5.32 Å². The summed E-state index contributed by atoms with van der Waals surface area (Å²) in [5.41, 5.74) is 0.0869. The first-order valence-corrected chi connectivity index (χ1v) is 7.26. The van der Waals surface area contributed by atoms with Gasteiger partial charge in [0.05, 0.1) is 5.56 Å². The Morgan fingerprint density at radius 1 is 1.44 bits per heavy atom. The molecule has 2 nitrogen and oxygen atoms in total. The second-order valence-corrected chi connectivity index (χ2v) is 5.27. The van der Waals surface area contributed by atoms with E-state index in [0.717, 1.165) is 17.3 Å². The molecule has 0 fully saturated rings. The Balaban J connectivity index is 2.55. The number of unbranched alkanes of at least 4 members (excludes halogenated alkanes) is 1. The molecule has 5 heteroatoms. The summed E-state index contributed by atoms with van der Waals surface area (Å²) in [4.78, 5) is 11.6. The van der Waals surface area contributed by atoms with Gasteiger partial charge in [0.2, 0.25) is 0 Å². The van der Waals surface area contributed by atoms with Crippen molar-refractivity contribution in [3.63, 3.8) is 0 Å². The molecule has 0 heterocycles. The normalized spacial score (nSPS) is 10.2. The predicted octanol–water partition coefficient (Wildman–Crippen LogP) is 3.53. The summed E-state index contributed by atoms with van der Waals surface area (Å²) >= 11 is 5.50. The van der Waals surface area contributed by atoms with Crippen LogP contribution < -0.4 is 5.32 Å². The third kappa shape index (κ3) is 4.37. The fourth-order valence-electron chi connectivity index (χ4n) is 1.19. The van der Waals surface area contributed by atoms with E-state index in [-0.39, 0.29) is 11.5 Å². The number of alkyl halides is 1. The molecule has 1 aromatic carbocycles. The average molecular weight is 400 g/mol. The van der Waals surface area contributed by atoms with Crippen LogP contribution in [0.4, 0.5) is 4.39 Å². The van der Waals surface area contributed by atoms with Gasteiger partial charge in [0, 0.05) is 11.0 Å². The van der Waals surface area contributed by atoms with Gasteiger partial charge in [0.15, 0.2) is 0 Å². The lowest BCUT2D eigenvalue weighted by Crippen LogP contribution is -2.25. The molecular weight excluding hydrogens is 388 g/mol. The molecule has 16 heavy (non-hydrogen) atoms. The lowest BCUT2D eigenvalue weighted by atomic mass is 10.2. The number of hydrogen-bond donors (Lipinski definition) is 1. The highest BCUT2D eigenvalue weighted by Crippen LogP contribution is 2.15. The van der Waals surface area contributed by atoms with Gasteiger partial charge in [0.1, 0.15) is 5.82 Å². The smallest absolute Gasteiger partial charge is 0.254 e. The number of carbonyl (C=O) groups excluding carboxylic acids is 1. The van der Waals surface area contributed by atoms with Crippen molar-refractivity contribution < 1.29 is 9.18 Å². The van der Waals surface area contributed by atoms with Crippen LogP contribution in [0.3, 0.4) is 0 Å². The van der Waals surface area contributed by atoms with Crippen molar-refractivity contribution in [3.8, 4) is 0 Å². The quantitative estimate of drug-likeness (QED) is 0.458. The highest BCUT2D eigenvalue weighted by Gasteiger charge is 2.11. The molecule has 1 N–H and O–H groups in total. The fraction of sp³-hybridized carbons (Fsp3) is 0.364. The molecule has 0 aliphatic rings. The topological polar surface area (TPSA) is 29.1 Å². The van der Waals surface area contributed by atoms with E-state index < -0.39 is 5.82 Å². The number of halogens is 3. The number of rotatable bonds is 5. The van der Waals surface area contributed by atoms with Crippen LogP contribution >= 0.6 is 38.5 Å². The second kappa shape index (κ2) is 7.21. The zero-order chi connectivity index (χ0) is 12.0. The summed E-state index contributed by atoms with van der Waals surface area (Å²) in [6, 6.07) is 4.34. The summed E-state index contributed by atoms with van der Waals surface area (Å²) in [5, 5.41) is 2.70. The van der Waals surface area contributed by atoms with Gasteiger partial charge in [-0.2, -0.15) is 0 Å². The van der Waals surface area contributed by atoms with Gasteiger partial charge in [0.25, 0.3) is 5.91 Å². The molecule has 0 spiro atoms. The van der Waals surface area contributed by atoms with Crippen molar-refractivity contribution >= 4 is 44.4 Å². The Bertz CT molecular complexity index is 373. The van der Waals surface area contributed by atoms with Gasteiger partial charge < -0.3 is 5.32 Å². The molecular formula is C11H12BrFINO. The van der Waals surface area contributed by atoms with E-state index in [1.807, 2.05) is 0 Å². The largest absolute Gasteiger partial charge is 0.352 e. The van der Waals surface area contributed by atoms with Crippen LogP contribution in [0.1, 0.15) is 23.2 Å². The zero-order valence-corrected chi connectivity index (χ0v) is 12.3. The van der Waals surface area contributed by atoms with Gasteiger partial charge in [-0.1, -0.05) is 38.5 Å². The molecule has 0 unspecified atom stereocenters. The minimum atomic E-state index is -0.491. The van der Waals surface area contributed by atoms with E-state index in [1.165, 1.54) is 12.1 Å². The first-order chi connectivity index (χ1) is 7.65. The maximum Gasteiger partial charge on any atom is 0.254 e. The van der Waals surface area contributed by atoms with Crippen LogP contribution in [0.5, 0.6) is 0 Å². The van der Waals surface area contributed by atoms with Crippen molar-refractivity contribution in [2.24, 2.45) is 0 Å². The van der Waals surface area contributed by atoms with Gasteiger partial charge in [-0.15, -0.1) is 0 Å². The molecule has 0 radical (unpaired) electrons. The summed E-state index contributed by atoms with van der Waals surface area (Å²) in [5.74, 6) is -0.846. The second-order valence-electron chi connectivity index (χ2n) is 3.28. The minimum absolute atomic E-state index is 0.0869. The number of carbonyl (C=O) groups is 1.